The third-order valence-electron chi connectivity index (χ3n) is 6.14. The fourth-order valence-corrected chi connectivity index (χ4v) is 5.68. The Morgan fingerprint density at radius 1 is 1.26 bits per heavy atom. The van der Waals surface area contributed by atoms with E-state index in [2.05, 4.69) is 28.7 Å². The molecule has 0 fully saturated rings. The van der Waals surface area contributed by atoms with E-state index in [1.807, 2.05) is 18.2 Å². The highest BCUT2D eigenvalue weighted by Gasteiger charge is 2.39. The molecule has 0 spiro atoms. The topological polar surface area (TPSA) is 88.6 Å². The van der Waals surface area contributed by atoms with Crippen molar-refractivity contribution in [2.45, 2.75) is 31.8 Å². The van der Waals surface area contributed by atoms with Crippen molar-refractivity contribution in [1.29, 1.82) is 5.26 Å². The van der Waals surface area contributed by atoms with Crippen molar-refractivity contribution in [3.05, 3.63) is 77.7 Å². The van der Waals surface area contributed by atoms with Gasteiger partial charge in [-0.2, -0.15) is 5.26 Å². The first-order valence-electron chi connectivity index (χ1n) is 10.6. The van der Waals surface area contributed by atoms with Gasteiger partial charge in [0.15, 0.2) is 17.3 Å². The Balaban J connectivity index is 1.76. The Bertz CT molecular complexity index is 1280. The van der Waals surface area contributed by atoms with Crippen molar-refractivity contribution in [3.8, 4) is 17.6 Å². The van der Waals surface area contributed by atoms with Gasteiger partial charge in [-0.25, -0.2) is 0 Å². The van der Waals surface area contributed by atoms with E-state index in [4.69, 9.17) is 38.4 Å². The average molecular weight is 610 g/mol. The Morgan fingerprint density at radius 2 is 2.03 bits per heavy atom. The Labute approximate surface area is 222 Å². The van der Waals surface area contributed by atoms with Crippen LogP contribution in [0.4, 0.5) is 0 Å². The number of Topliss-reactive ketones (excluding diaryl/α,β-unsaturated/α-hetero) is 1. The maximum absolute atomic E-state index is 13.0. The predicted octanol–water partition coefficient (Wildman–Crippen LogP) is 5.92. The van der Waals surface area contributed by atoms with Crippen LogP contribution in [0.2, 0.25) is 10.0 Å². The molecule has 0 unspecified atom stereocenters. The molecule has 34 heavy (non-hydrogen) atoms. The summed E-state index contributed by atoms with van der Waals surface area (Å²) >= 11 is 14.4. The molecule has 0 bridgehead atoms. The number of nitriles is 1. The molecule has 0 amide bonds. The number of allylic oxidation sites excluding steroid dienone is 3. The van der Waals surface area contributed by atoms with Crippen LogP contribution in [0.15, 0.2) is 53.0 Å². The molecule has 2 aromatic carbocycles. The minimum absolute atomic E-state index is 0.0463. The number of ketones is 1. The van der Waals surface area contributed by atoms with Crippen LogP contribution in [0.1, 0.15) is 36.3 Å². The Morgan fingerprint density at radius 3 is 2.71 bits per heavy atom. The van der Waals surface area contributed by atoms with E-state index in [0.29, 0.717) is 44.9 Å². The van der Waals surface area contributed by atoms with Crippen molar-refractivity contribution in [3.63, 3.8) is 0 Å². The van der Waals surface area contributed by atoms with Gasteiger partial charge in [0.1, 0.15) is 12.4 Å². The summed E-state index contributed by atoms with van der Waals surface area (Å²) in [6, 6.07) is 11.2. The fourth-order valence-electron chi connectivity index (χ4n) is 4.43. The number of rotatable bonds is 5. The molecule has 0 radical (unpaired) electrons. The first kappa shape index (κ1) is 24.7. The molecule has 0 saturated carbocycles. The summed E-state index contributed by atoms with van der Waals surface area (Å²) in [6.45, 7) is 0.222. The molecule has 1 aliphatic carbocycles. The molecular formula is C25H22Cl2IN3O3. The largest absolute Gasteiger partial charge is 0.493 e. The van der Waals surface area contributed by atoms with Gasteiger partial charge in [0, 0.05) is 40.3 Å². The number of methoxy groups -OCH3 is 1. The summed E-state index contributed by atoms with van der Waals surface area (Å²) in [6.07, 6.45) is 1.97. The van der Waals surface area contributed by atoms with Gasteiger partial charge < -0.3 is 20.1 Å². The minimum atomic E-state index is -0.550. The lowest BCUT2D eigenvalue weighted by Crippen LogP contribution is -2.36. The van der Waals surface area contributed by atoms with Crippen LogP contribution in [0, 0.1) is 14.9 Å². The fraction of sp³-hybridized carbons (Fsp3) is 0.280. The van der Waals surface area contributed by atoms with E-state index in [-0.39, 0.29) is 12.4 Å². The van der Waals surface area contributed by atoms with Crippen LogP contribution >= 0.6 is 45.8 Å². The summed E-state index contributed by atoms with van der Waals surface area (Å²) in [5.74, 6) is 0.904. The Hall–Kier alpha value is -2.41. The average Bonchev–Trinajstić information content (AvgIpc) is 2.81. The number of nitrogens with two attached hydrogens (primary N) is 1. The molecule has 1 atom stereocenters. The van der Waals surface area contributed by atoms with E-state index in [9.17, 15) is 10.1 Å². The summed E-state index contributed by atoms with van der Waals surface area (Å²) in [7, 11) is 3.36. The van der Waals surface area contributed by atoms with Gasteiger partial charge in [-0.3, -0.25) is 4.79 Å². The minimum Gasteiger partial charge on any atom is -0.493 e. The number of nitrogens with zero attached hydrogens (tertiary/aromatic N) is 2. The Kier molecular flexibility index (Phi) is 7.31. The number of hydrogen-bond acceptors (Lipinski definition) is 6. The van der Waals surface area contributed by atoms with Gasteiger partial charge in [0.25, 0.3) is 0 Å². The molecule has 2 aromatic rings. The van der Waals surface area contributed by atoms with Crippen LogP contribution < -0.4 is 15.2 Å². The lowest BCUT2D eigenvalue weighted by atomic mass is 9.76. The predicted molar refractivity (Wildman–Crippen MR) is 140 cm³/mol. The van der Waals surface area contributed by atoms with E-state index in [0.717, 1.165) is 33.2 Å². The maximum Gasteiger partial charge on any atom is 0.174 e. The zero-order valence-electron chi connectivity index (χ0n) is 18.6. The van der Waals surface area contributed by atoms with Gasteiger partial charge >= 0.3 is 0 Å². The molecular weight excluding hydrogens is 588 g/mol. The molecule has 0 saturated heterocycles. The second kappa shape index (κ2) is 10.1. The summed E-state index contributed by atoms with van der Waals surface area (Å²) < 4.78 is 12.5. The molecule has 4 rings (SSSR count). The van der Waals surface area contributed by atoms with Gasteiger partial charge in [-0.1, -0.05) is 29.3 Å². The third kappa shape index (κ3) is 4.47. The van der Waals surface area contributed by atoms with Crippen LogP contribution in [0.5, 0.6) is 11.5 Å². The molecule has 176 valence electrons. The van der Waals surface area contributed by atoms with Crippen LogP contribution in [0.3, 0.4) is 0 Å². The quantitative estimate of drug-likeness (QED) is 0.424. The van der Waals surface area contributed by atoms with Crippen molar-refractivity contribution >= 4 is 51.6 Å². The van der Waals surface area contributed by atoms with Gasteiger partial charge in [-0.05, 0) is 65.3 Å². The van der Waals surface area contributed by atoms with Gasteiger partial charge in [0.2, 0.25) is 0 Å². The number of carbonyl (C=O) groups excluding carboxylic acids is 1. The van der Waals surface area contributed by atoms with Crippen molar-refractivity contribution in [1.82, 2.24) is 4.90 Å². The zero-order chi connectivity index (χ0) is 24.6. The smallest absolute Gasteiger partial charge is 0.174 e. The molecule has 6 nitrogen and oxygen atoms in total. The first-order chi connectivity index (χ1) is 16.3. The standard InChI is InChI=1S/C25H22Cl2IN3O3/c1-31-19-4-3-5-20(32)23(19)22(16(11-29)25(31)30)14-8-18(28)24(21(9-14)33-2)34-12-13-6-7-15(26)10-17(13)27/h6-10,22H,3-5,12,30H2,1-2H3/t22-/m1/s1. The van der Waals surface area contributed by atoms with Gasteiger partial charge in [-0.15, -0.1) is 0 Å². The van der Waals surface area contributed by atoms with Crippen molar-refractivity contribution in [2.75, 3.05) is 14.2 Å². The molecule has 2 N–H and O–H groups in total. The SMILES string of the molecule is COc1cc([C@@H]2C(C#N)=C(N)N(C)C3=C2C(=O)CCC3)cc(I)c1OCc1ccc(Cl)cc1Cl. The summed E-state index contributed by atoms with van der Waals surface area (Å²) in [4.78, 5) is 14.8. The van der Waals surface area contributed by atoms with E-state index in [1.165, 1.54) is 0 Å². The molecule has 2 aliphatic rings. The van der Waals surface area contributed by atoms with Crippen LogP contribution in [-0.2, 0) is 11.4 Å². The molecule has 9 heteroatoms. The highest BCUT2D eigenvalue weighted by molar-refractivity contribution is 14.1. The molecule has 0 aromatic heterocycles. The lowest BCUT2D eigenvalue weighted by Gasteiger charge is -2.37. The second-order valence-electron chi connectivity index (χ2n) is 8.10. The van der Waals surface area contributed by atoms with Crippen molar-refractivity contribution < 1.29 is 14.3 Å². The first-order valence-corrected chi connectivity index (χ1v) is 12.4. The number of halogens is 3. The summed E-state index contributed by atoms with van der Waals surface area (Å²) in [5.41, 5.74) is 9.76. The highest BCUT2D eigenvalue weighted by atomic mass is 127. The van der Waals surface area contributed by atoms with E-state index in [1.54, 1.807) is 31.2 Å². The summed E-state index contributed by atoms with van der Waals surface area (Å²) in [5, 5.41) is 11.0. The monoisotopic (exact) mass is 609 g/mol. The highest BCUT2D eigenvalue weighted by Crippen LogP contribution is 2.46. The number of hydrogen-bond donors (Lipinski definition) is 1. The second-order valence-corrected chi connectivity index (χ2v) is 10.1. The van der Waals surface area contributed by atoms with Crippen LogP contribution in [-0.4, -0.2) is 24.8 Å². The van der Waals surface area contributed by atoms with Crippen LogP contribution in [0.25, 0.3) is 0 Å². The van der Waals surface area contributed by atoms with Crippen molar-refractivity contribution in [2.24, 2.45) is 5.73 Å². The normalized spacial score (nSPS) is 18.1. The number of ether oxygens (including phenoxy) is 2. The number of carbonyl (C=O) groups is 1. The van der Waals surface area contributed by atoms with Gasteiger partial charge in [0.05, 0.1) is 28.2 Å². The molecule has 1 heterocycles. The van der Waals surface area contributed by atoms with E-state index >= 15 is 0 Å². The lowest BCUT2D eigenvalue weighted by molar-refractivity contribution is -0.116. The zero-order valence-corrected chi connectivity index (χ0v) is 22.3. The maximum atomic E-state index is 13.0. The molecule has 1 aliphatic heterocycles. The number of benzene rings is 2. The van der Waals surface area contributed by atoms with E-state index < -0.39 is 5.92 Å². The third-order valence-corrected chi connectivity index (χ3v) is 7.53.